The summed E-state index contributed by atoms with van der Waals surface area (Å²) in [6, 6.07) is 0. The summed E-state index contributed by atoms with van der Waals surface area (Å²) in [6.45, 7) is 2.69. The molecular weight excluding hydrogens is 281 g/mol. The zero-order valence-electron chi connectivity index (χ0n) is 10.2. The highest BCUT2D eigenvalue weighted by molar-refractivity contribution is 7.18. The average molecular weight is 292 g/mol. The van der Waals surface area contributed by atoms with Gasteiger partial charge in [0.05, 0.1) is 18.3 Å². The Morgan fingerprint density at radius 3 is 2.68 bits per heavy atom. The van der Waals surface area contributed by atoms with Gasteiger partial charge in [0, 0.05) is 4.88 Å². The minimum Gasteiger partial charge on any atom is -0.382 e. The van der Waals surface area contributed by atoms with Gasteiger partial charge in [0.15, 0.2) is 6.10 Å². The van der Waals surface area contributed by atoms with E-state index in [4.69, 9.17) is 5.11 Å². The second kappa shape index (κ2) is 4.61. The maximum atomic E-state index is 12.3. The fourth-order valence-electron chi connectivity index (χ4n) is 1.69. The number of fused-ring (bicyclic) bond motifs is 1. The summed E-state index contributed by atoms with van der Waals surface area (Å²) in [5, 5.41) is 9.32. The highest BCUT2D eigenvalue weighted by Gasteiger charge is 2.38. The van der Waals surface area contributed by atoms with Gasteiger partial charge in [-0.3, -0.25) is 9.36 Å². The minimum absolute atomic E-state index is 0.319. The third kappa shape index (κ3) is 2.50. The van der Waals surface area contributed by atoms with Crippen LogP contribution in [0, 0.1) is 13.8 Å². The third-order valence-corrected chi connectivity index (χ3v) is 4.02. The molecule has 0 saturated carbocycles. The number of rotatable bonds is 2. The molecule has 2 rings (SSSR count). The van der Waals surface area contributed by atoms with Crippen molar-refractivity contribution in [1.29, 1.82) is 0 Å². The summed E-state index contributed by atoms with van der Waals surface area (Å²) in [4.78, 5) is 17.4. The first kappa shape index (κ1) is 14.0. The van der Waals surface area contributed by atoms with Crippen molar-refractivity contribution < 1.29 is 18.3 Å². The zero-order valence-corrected chi connectivity index (χ0v) is 11.0. The molecule has 104 valence electrons. The first-order chi connectivity index (χ1) is 8.71. The Labute approximate surface area is 110 Å². The lowest BCUT2D eigenvalue weighted by Crippen LogP contribution is -2.36. The number of aliphatic hydroxyl groups excluding tert-OH is 1. The van der Waals surface area contributed by atoms with Crippen LogP contribution in [0.5, 0.6) is 0 Å². The van der Waals surface area contributed by atoms with Crippen LogP contribution in [0.2, 0.25) is 0 Å². The topological polar surface area (TPSA) is 55.1 Å². The lowest BCUT2D eigenvalue weighted by Gasteiger charge is -2.15. The Kier molecular flexibility index (Phi) is 3.40. The van der Waals surface area contributed by atoms with E-state index in [2.05, 4.69) is 4.98 Å². The SMILES string of the molecule is Cc1sc2ncn(CC(O)C(F)(F)F)c(=O)c2c1C. The molecule has 1 atom stereocenters. The first-order valence-electron chi connectivity index (χ1n) is 5.41. The summed E-state index contributed by atoms with van der Waals surface area (Å²) in [5.41, 5.74) is 0.156. The van der Waals surface area contributed by atoms with E-state index < -0.39 is 24.4 Å². The number of aliphatic hydroxyl groups is 1. The number of aryl methyl sites for hydroxylation is 2. The number of nitrogens with zero attached hydrogens (tertiary/aromatic N) is 2. The van der Waals surface area contributed by atoms with Crippen molar-refractivity contribution in [2.75, 3.05) is 0 Å². The van der Waals surface area contributed by atoms with Gasteiger partial charge in [0.25, 0.3) is 5.56 Å². The van der Waals surface area contributed by atoms with E-state index in [9.17, 15) is 18.0 Å². The molecule has 4 nitrogen and oxygen atoms in total. The standard InChI is InChI=1S/C11H11F3N2O2S/c1-5-6(2)19-9-8(5)10(18)16(4-15-9)3-7(17)11(12,13)14/h4,7,17H,3H2,1-2H3. The van der Waals surface area contributed by atoms with Crippen molar-refractivity contribution in [2.24, 2.45) is 0 Å². The Morgan fingerprint density at radius 2 is 2.11 bits per heavy atom. The first-order valence-corrected chi connectivity index (χ1v) is 6.23. The summed E-state index contributed by atoms with van der Waals surface area (Å²) < 4.78 is 37.6. The maximum Gasteiger partial charge on any atom is 0.416 e. The summed E-state index contributed by atoms with van der Waals surface area (Å²) in [7, 11) is 0. The van der Waals surface area contributed by atoms with Crippen LogP contribution in [-0.4, -0.2) is 26.9 Å². The molecule has 0 amide bonds. The Morgan fingerprint density at radius 1 is 1.47 bits per heavy atom. The number of hydrogen-bond donors (Lipinski definition) is 1. The van der Waals surface area contributed by atoms with E-state index in [0.717, 1.165) is 15.8 Å². The molecular formula is C11H11F3N2O2S. The monoisotopic (exact) mass is 292 g/mol. The second-order valence-corrected chi connectivity index (χ2v) is 5.43. The summed E-state index contributed by atoms with van der Waals surface area (Å²) in [5.74, 6) is 0. The molecule has 1 N–H and O–H groups in total. The molecule has 2 aromatic heterocycles. The van der Waals surface area contributed by atoms with Crippen LogP contribution in [0.1, 0.15) is 10.4 Å². The Balaban J connectivity index is 2.49. The van der Waals surface area contributed by atoms with E-state index in [0.29, 0.717) is 15.8 Å². The van der Waals surface area contributed by atoms with Gasteiger partial charge in [-0.05, 0) is 19.4 Å². The molecule has 0 aliphatic carbocycles. The van der Waals surface area contributed by atoms with Gasteiger partial charge < -0.3 is 5.11 Å². The van der Waals surface area contributed by atoms with E-state index in [-0.39, 0.29) is 0 Å². The van der Waals surface area contributed by atoms with E-state index in [1.165, 1.54) is 11.3 Å². The van der Waals surface area contributed by atoms with Gasteiger partial charge in [0.2, 0.25) is 0 Å². The van der Waals surface area contributed by atoms with Crippen LogP contribution in [0.3, 0.4) is 0 Å². The Hall–Kier alpha value is -1.41. The predicted octanol–water partition coefficient (Wildman–Crippen LogP) is 2.00. The lowest BCUT2D eigenvalue weighted by molar-refractivity contribution is -0.207. The molecule has 19 heavy (non-hydrogen) atoms. The fourth-order valence-corrected chi connectivity index (χ4v) is 2.68. The molecule has 0 aliphatic rings. The van der Waals surface area contributed by atoms with E-state index in [1.807, 2.05) is 6.92 Å². The van der Waals surface area contributed by atoms with Gasteiger partial charge in [0.1, 0.15) is 4.83 Å². The highest BCUT2D eigenvalue weighted by Crippen LogP contribution is 2.26. The average Bonchev–Trinajstić information content (AvgIpc) is 2.58. The lowest BCUT2D eigenvalue weighted by atomic mass is 10.2. The molecule has 0 fully saturated rings. The van der Waals surface area contributed by atoms with E-state index >= 15 is 0 Å². The second-order valence-electron chi connectivity index (χ2n) is 4.22. The molecule has 8 heteroatoms. The van der Waals surface area contributed by atoms with Gasteiger partial charge in [-0.2, -0.15) is 13.2 Å². The predicted molar refractivity (Wildman–Crippen MR) is 65.4 cm³/mol. The summed E-state index contributed by atoms with van der Waals surface area (Å²) in [6.07, 6.45) is -6.30. The molecule has 0 aromatic carbocycles. The number of halogens is 3. The van der Waals surface area contributed by atoms with Crippen molar-refractivity contribution >= 4 is 21.6 Å². The maximum absolute atomic E-state index is 12.3. The zero-order chi connectivity index (χ0) is 14.4. The molecule has 1 unspecified atom stereocenters. The smallest absolute Gasteiger partial charge is 0.382 e. The number of alkyl halides is 3. The van der Waals surface area contributed by atoms with Crippen LogP contribution in [-0.2, 0) is 6.54 Å². The van der Waals surface area contributed by atoms with Gasteiger partial charge in [-0.15, -0.1) is 11.3 Å². The number of hydrogen-bond acceptors (Lipinski definition) is 4. The van der Waals surface area contributed by atoms with Crippen LogP contribution < -0.4 is 5.56 Å². The largest absolute Gasteiger partial charge is 0.416 e. The normalized spacial score (nSPS) is 14.0. The molecule has 0 aliphatic heterocycles. The van der Waals surface area contributed by atoms with E-state index in [1.54, 1.807) is 6.92 Å². The molecule has 0 radical (unpaired) electrons. The van der Waals surface area contributed by atoms with Crippen molar-refractivity contribution in [3.05, 3.63) is 27.1 Å². The minimum atomic E-state index is -4.76. The van der Waals surface area contributed by atoms with Gasteiger partial charge in [-0.1, -0.05) is 0 Å². The van der Waals surface area contributed by atoms with Crippen molar-refractivity contribution in [3.8, 4) is 0 Å². The Bertz CT molecular complexity index is 675. The molecule has 2 heterocycles. The molecule has 0 spiro atoms. The van der Waals surface area contributed by atoms with Crippen molar-refractivity contribution in [2.45, 2.75) is 32.7 Å². The van der Waals surface area contributed by atoms with Crippen molar-refractivity contribution in [3.63, 3.8) is 0 Å². The quantitative estimate of drug-likeness (QED) is 0.921. The molecule has 0 saturated heterocycles. The number of thiophene rings is 1. The fraction of sp³-hybridized carbons (Fsp3) is 0.455. The van der Waals surface area contributed by atoms with Crippen LogP contribution in [0.4, 0.5) is 13.2 Å². The van der Waals surface area contributed by atoms with Gasteiger partial charge in [-0.25, -0.2) is 4.98 Å². The number of aromatic nitrogens is 2. The molecule has 0 bridgehead atoms. The van der Waals surface area contributed by atoms with Crippen LogP contribution in [0.15, 0.2) is 11.1 Å². The van der Waals surface area contributed by atoms with Gasteiger partial charge >= 0.3 is 6.18 Å². The van der Waals surface area contributed by atoms with Crippen LogP contribution >= 0.6 is 11.3 Å². The summed E-state index contributed by atoms with van der Waals surface area (Å²) >= 11 is 1.32. The van der Waals surface area contributed by atoms with Crippen LogP contribution in [0.25, 0.3) is 10.2 Å². The van der Waals surface area contributed by atoms with Crippen molar-refractivity contribution in [1.82, 2.24) is 9.55 Å². The third-order valence-electron chi connectivity index (χ3n) is 2.90. The highest BCUT2D eigenvalue weighted by atomic mass is 32.1. The molecule has 2 aromatic rings.